The minimum atomic E-state index is -3.97. The summed E-state index contributed by atoms with van der Waals surface area (Å²) in [6.45, 7) is 7.76. The lowest BCUT2D eigenvalue weighted by atomic mass is 9.98. The number of carbonyl (C=O) groups is 2. The summed E-state index contributed by atoms with van der Waals surface area (Å²) >= 11 is 0. The van der Waals surface area contributed by atoms with Crippen LogP contribution in [0.15, 0.2) is 4.90 Å². The van der Waals surface area contributed by atoms with Gasteiger partial charge in [0.15, 0.2) is 0 Å². The summed E-state index contributed by atoms with van der Waals surface area (Å²) in [5.74, 6) is -1.05. The Kier molecular flexibility index (Phi) is 6.88. The zero-order valence-electron chi connectivity index (χ0n) is 18.1. The highest BCUT2D eigenvalue weighted by molar-refractivity contribution is 7.89. The first kappa shape index (κ1) is 22.8. The van der Waals surface area contributed by atoms with E-state index in [-0.39, 0.29) is 35.4 Å². The minimum absolute atomic E-state index is 0.0135. The van der Waals surface area contributed by atoms with E-state index in [0.29, 0.717) is 57.1 Å². The molecule has 0 aliphatic carbocycles. The molecule has 2 fully saturated rings. The Bertz CT molecular complexity index is 917. The third-order valence-electron chi connectivity index (χ3n) is 6.06. The van der Waals surface area contributed by atoms with Crippen LogP contribution in [0.3, 0.4) is 0 Å². The molecular formula is C20H31N3O6S. The third kappa shape index (κ3) is 4.13. The van der Waals surface area contributed by atoms with Crippen LogP contribution in [0.2, 0.25) is 0 Å². The van der Waals surface area contributed by atoms with E-state index in [2.05, 4.69) is 0 Å². The van der Waals surface area contributed by atoms with Crippen LogP contribution in [-0.2, 0) is 31.3 Å². The van der Waals surface area contributed by atoms with Crippen molar-refractivity contribution in [2.45, 2.75) is 38.5 Å². The van der Waals surface area contributed by atoms with Crippen molar-refractivity contribution in [3.8, 4) is 0 Å². The molecule has 2 aliphatic heterocycles. The van der Waals surface area contributed by atoms with Crippen molar-refractivity contribution in [2.24, 2.45) is 13.0 Å². The van der Waals surface area contributed by atoms with Crippen LogP contribution in [0.4, 0.5) is 0 Å². The molecule has 1 aromatic rings. The summed E-state index contributed by atoms with van der Waals surface area (Å²) in [6.07, 6.45) is 1.25. The number of esters is 1. The van der Waals surface area contributed by atoms with E-state index < -0.39 is 16.0 Å². The minimum Gasteiger partial charge on any atom is -0.462 e. The van der Waals surface area contributed by atoms with Gasteiger partial charge >= 0.3 is 5.97 Å². The summed E-state index contributed by atoms with van der Waals surface area (Å²) in [7, 11) is -2.24. The van der Waals surface area contributed by atoms with Gasteiger partial charge in [0.2, 0.25) is 15.9 Å². The standard InChI is InChI=1S/C20H31N3O6S/c1-5-29-20(25)17-14(2)21(4)15(3)18(17)30(26,27)23-8-6-7-16(13-23)19(24)22-9-11-28-12-10-22/h16H,5-13H2,1-4H3/t16-/m1/s1. The smallest absolute Gasteiger partial charge is 0.341 e. The van der Waals surface area contributed by atoms with Gasteiger partial charge in [-0.15, -0.1) is 0 Å². The average Bonchev–Trinajstić information content (AvgIpc) is 2.98. The molecule has 0 spiro atoms. The van der Waals surface area contributed by atoms with Crippen LogP contribution in [-0.4, -0.2) is 80.1 Å². The molecular weight excluding hydrogens is 410 g/mol. The van der Waals surface area contributed by atoms with Gasteiger partial charge in [0.05, 0.1) is 25.7 Å². The molecule has 0 unspecified atom stereocenters. The van der Waals surface area contributed by atoms with Crippen LogP contribution >= 0.6 is 0 Å². The van der Waals surface area contributed by atoms with Gasteiger partial charge in [-0.1, -0.05) is 0 Å². The second-order valence-electron chi connectivity index (χ2n) is 7.79. The number of carbonyl (C=O) groups excluding carboxylic acids is 2. The lowest BCUT2D eigenvalue weighted by Crippen LogP contribution is -2.49. The Labute approximate surface area is 178 Å². The molecule has 168 valence electrons. The number of ether oxygens (including phenoxy) is 2. The highest BCUT2D eigenvalue weighted by atomic mass is 32.2. The lowest BCUT2D eigenvalue weighted by molar-refractivity contribution is -0.140. The number of aromatic nitrogens is 1. The fraction of sp³-hybridized carbons (Fsp3) is 0.700. The number of morpholine rings is 1. The van der Waals surface area contributed by atoms with Crippen LogP contribution in [0, 0.1) is 19.8 Å². The number of amides is 1. The molecule has 10 heteroatoms. The maximum Gasteiger partial charge on any atom is 0.341 e. The van der Waals surface area contributed by atoms with Crippen LogP contribution in [0.1, 0.15) is 41.5 Å². The Morgan fingerprint density at radius 2 is 1.80 bits per heavy atom. The van der Waals surface area contributed by atoms with Crippen LogP contribution in [0.25, 0.3) is 0 Å². The molecule has 1 atom stereocenters. The van der Waals surface area contributed by atoms with E-state index in [1.807, 2.05) is 0 Å². The van der Waals surface area contributed by atoms with E-state index in [1.54, 1.807) is 37.3 Å². The molecule has 2 saturated heterocycles. The van der Waals surface area contributed by atoms with Gasteiger partial charge in [-0.3, -0.25) is 4.79 Å². The lowest BCUT2D eigenvalue weighted by Gasteiger charge is -2.35. The zero-order valence-corrected chi connectivity index (χ0v) is 19.0. The van der Waals surface area contributed by atoms with Gasteiger partial charge in [-0.25, -0.2) is 13.2 Å². The van der Waals surface area contributed by atoms with Crippen molar-refractivity contribution in [3.63, 3.8) is 0 Å². The molecule has 1 aromatic heterocycles. The maximum atomic E-state index is 13.6. The Morgan fingerprint density at radius 3 is 2.43 bits per heavy atom. The second kappa shape index (κ2) is 9.07. The number of hydrogen-bond donors (Lipinski definition) is 0. The number of hydrogen-bond acceptors (Lipinski definition) is 6. The molecule has 30 heavy (non-hydrogen) atoms. The van der Waals surface area contributed by atoms with Gasteiger partial charge in [0.1, 0.15) is 10.5 Å². The first-order chi connectivity index (χ1) is 14.2. The molecule has 0 bridgehead atoms. The van der Waals surface area contributed by atoms with E-state index in [9.17, 15) is 18.0 Å². The number of sulfonamides is 1. The fourth-order valence-corrected chi connectivity index (χ4v) is 6.21. The third-order valence-corrected chi connectivity index (χ3v) is 8.08. The van der Waals surface area contributed by atoms with Gasteiger partial charge in [-0.05, 0) is 33.6 Å². The van der Waals surface area contributed by atoms with E-state index in [0.717, 1.165) is 0 Å². The largest absolute Gasteiger partial charge is 0.462 e. The quantitative estimate of drug-likeness (QED) is 0.634. The normalized spacial score (nSPS) is 20.9. The first-order valence-corrected chi connectivity index (χ1v) is 11.8. The average molecular weight is 442 g/mol. The molecule has 3 rings (SSSR count). The van der Waals surface area contributed by atoms with Crippen molar-refractivity contribution in [1.29, 1.82) is 0 Å². The molecule has 0 radical (unpaired) electrons. The van der Waals surface area contributed by atoms with Crippen molar-refractivity contribution >= 4 is 21.9 Å². The highest BCUT2D eigenvalue weighted by Gasteiger charge is 2.39. The summed E-state index contributed by atoms with van der Waals surface area (Å²) < 4.78 is 40.7. The summed E-state index contributed by atoms with van der Waals surface area (Å²) in [6, 6.07) is 0. The summed E-state index contributed by atoms with van der Waals surface area (Å²) in [4.78, 5) is 27.2. The Morgan fingerprint density at radius 1 is 1.13 bits per heavy atom. The molecule has 0 aromatic carbocycles. The van der Waals surface area contributed by atoms with E-state index >= 15 is 0 Å². The summed E-state index contributed by atoms with van der Waals surface area (Å²) in [5, 5.41) is 0. The van der Waals surface area contributed by atoms with E-state index in [4.69, 9.17) is 9.47 Å². The number of piperidine rings is 1. The molecule has 9 nitrogen and oxygen atoms in total. The summed E-state index contributed by atoms with van der Waals surface area (Å²) in [5.41, 5.74) is 1.11. The van der Waals surface area contributed by atoms with Crippen molar-refractivity contribution in [3.05, 3.63) is 17.0 Å². The monoisotopic (exact) mass is 441 g/mol. The first-order valence-electron chi connectivity index (χ1n) is 10.4. The topological polar surface area (TPSA) is 98.2 Å². The molecule has 0 saturated carbocycles. The fourth-order valence-electron chi connectivity index (χ4n) is 4.21. The Balaban J connectivity index is 1.91. The SMILES string of the molecule is CCOC(=O)c1c(S(=O)(=O)N2CCC[C@@H](C(=O)N3CCOCC3)C2)c(C)n(C)c1C. The van der Waals surface area contributed by atoms with Gasteiger partial charge in [-0.2, -0.15) is 4.31 Å². The van der Waals surface area contributed by atoms with E-state index in [1.165, 1.54) is 4.31 Å². The van der Waals surface area contributed by atoms with Crippen molar-refractivity contribution < 1.29 is 27.5 Å². The van der Waals surface area contributed by atoms with Gasteiger partial charge in [0, 0.05) is 44.6 Å². The maximum absolute atomic E-state index is 13.6. The molecule has 3 heterocycles. The van der Waals surface area contributed by atoms with Gasteiger partial charge < -0.3 is 18.9 Å². The van der Waals surface area contributed by atoms with Gasteiger partial charge in [0.25, 0.3) is 0 Å². The molecule has 0 N–H and O–H groups in total. The molecule has 2 aliphatic rings. The van der Waals surface area contributed by atoms with Crippen molar-refractivity contribution in [2.75, 3.05) is 46.0 Å². The number of rotatable bonds is 5. The van der Waals surface area contributed by atoms with Crippen LogP contribution in [0.5, 0.6) is 0 Å². The van der Waals surface area contributed by atoms with Crippen LogP contribution < -0.4 is 0 Å². The second-order valence-corrected chi connectivity index (χ2v) is 9.67. The zero-order chi connectivity index (χ0) is 22.1. The molecule has 1 amide bonds. The Hall–Kier alpha value is -1.91. The highest BCUT2D eigenvalue weighted by Crippen LogP contribution is 2.32. The predicted octanol–water partition coefficient (Wildman–Crippen LogP) is 1.08. The number of nitrogens with zero attached hydrogens (tertiary/aromatic N) is 3. The predicted molar refractivity (Wildman–Crippen MR) is 110 cm³/mol. The van der Waals surface area contributed by atoms with Crippen molar-refractivity contribution in [1.82, 2.24) is 13.8 Å².